The monoisotopic (exact) mass is 243 g/mol. The maximum absolute atomic E-state index is 13.4. The minimum Gasteiger partial charge on any atom is -0.394 e. The highest BCUT2D eigenvalue weighted by atomic mass is 19.1. The average molecular weight is 243 g/mol. The van der Waals surface area contributed by atoms with Gasteiger partial charge in [-0.3, -0.25) is 0 Å². The Morgan fingerprint density at radius 1 is 1.00 bits per heavy atom. The van der Waals surface area contributed by atoms with Crippen molar-refractivity contribution in [3.05, 3.63) is 54.2 Å². The molecule has 3 N–H and O–H groups in total. The number of aromatic nitrogens is 1. The molecule has 0 atom stereocenters. The third-order valence-corrected chi connectivity index (χ3v) is 2.89. The molecule has 0 aliphatic heterocycles. The number of hydrogen-bond acceptors (Lipinski definition) is 1. The van der Waals surface area contributed by atoms with E-state index in [-0.39, 0.29) is 0 Å². The molecule has 4 heteroatoms. The molecule has 0 spiro atoms. The molecule has 1 aromatic heterocycles. The van der Waals surface area contributed by atoms with Crippen molar-refractivity contribution in [3.63, 3.8) is 0 Å². The molecule has 2 nitrogen and oxygen atoms in total. The number of aromatic amines is 1. The van der Waals surface area contributed by atoms with Crippen molar-refractivity contribution in [2.24, 2.45) is 0 Å². The van der Waals surface area contributed by atoms with E-state index in [1.165, 1.54) is 12.1 Å². The maximum Gasteiger partial charge on any atom is 0.149 e. The van der Waals surface area contributed by atoms with E-state index in [9.17, 15) is 8.78 Å². The van der Waals surface area contributed by atoms with E-state index in [4.69, 9.17) is 5.73 Å². The highest BCUT2D eigenvalue weighted by Gasteiger charge is 2.09. The molecule has 0 aliphatic rings. The van der Waals surface area contributed by atoms with Gasteiger partial charge in [-0.2, -0.15) is 0 Å². The van der Waals surface area contributed by atoms with Crippen LogP contribution in [0.3, 0.4) is 0 Å². The van der Waals surface area contributed by atoms with Crippen molar-refractivity contribution in [3.8, 4) is 11.1 Å². The summed E-state index contributed by atoms with van der Waals surface area (Å²) in [5.41, 5.74) is 6.83. The largest absolute Gasteiger partial charge is 0.394 e. The molecule has 0 unspecified atom stereocenters. The lowest BCUT2D eigenvalue weighted by atomic mass is 10.0. The second-order valence-corrected chi connectivity index (χ2v) is 4.05. The molecule has 18 heavy (non-hydrogen) atoms. The molecule has 0 saturated heterocycles. The zero-order valence-electron chi connectivity index (χ0n) is 9.30. The molecule has 3 rings (SSSR count). The smallest absolute Gasteiger partial charge is 0.149 e. The zero-order valence-corrected chi connectivity index (χ0v) is 9.30. The third-order valence-electron chi connectivity index (χ3n) is 2.89. The second kappa shape index (κ2) is 3.84. The summed E-state index contributed by atoms with van der Waals surface area (Å²) in [6, 6.07) is 10.9. The average Bonchev–Trinajstić information content (AvgIpc) is 2.82. The van der Waals surface area contributed by atoms with Crippen LogP contribution in [0.15, 0.2) is 36.5 Å². The number of H-pyrrole nitrogens is 1. The highest BCUT2D eigenvalue weighted by Crippen LogP contribution is 2.27. The number of anilines is 1. The van der Waals surface area contributed by atoms with Crippen LogP contribution in [-0.2, 0) is 0 Å². The van der Waals surface area contributed by atoms with Crippen LogP contribution in [0.4, 0.5) is 14.5 Å². The normalized spacial score (nSPS) is 11.0. The lowest BCUT2D eigenvalue weighted by Gasteiger charge is -2.05. The number of nitrogens with two attached hydrogens (primary N) is 1. The Kier molecular flexibility index (Phi) is 2.30. The molecule has 0 bridgehead atoms. The van der Waals surface area contributed by atoms with Gasteiger partial charge in [-0.15, -0.1) is 0 Å². The minimum absolute atomic E-state index is 0.451. The quantitative estimate of drug-likeness (QED) is 0.631. The molecular formula is C14H9F2N2. The van der Waals surface area contributed by atoms with Crippen LogP contribution < -0.4 is 5.73 Å². The molecular weight excluding hydrogens is 234 g/mol. The van der Waals surface area contributed by atoms with E-state index in [1.54, 1.807) is 12.3 Å². The van der Waals surface area contributed by atoms with E-state index in [0.717, 1.165) is 16.5 Å². The molecule has 3 aromatic rings. The number of nitrogen functional groups attached to an aromatic ring is 1. The van der Waals surface area contributed by atoms with Crippen molar-refractivity contribution in [2.75, 3.05) is 5.73 Å². The summed E-state index contributed by atoms with van der Waals surface area (Å²) in [5, 5.41) is 0.926. The Labute approximate surface area is 102 Å². The fraction of sp³-hybridized carbons (Fsp3) is 0. The van der Waals surface area contributed by atoms with E-state index >= 15 is 0 Å². The number of fused-ring (bicyclic) bond motifs is 1. The summed E-state index contributed by atoms with van der Waals surface area (Å²) >= 11 is 0. The van der Waals surface area contributed by atoms with E-state index in [0.29, 0.717) is 5.56 Å². The number of halogens is 2. The van der Waals surface area contributed by atoms with Gasteiger partial charge in [-0.25, -0.2) is 8.78 Å². The first-order valence-electron chi connectivity index (χ1n) is 5.39. The Balaban J connectivity index is 2.19. The van der Waals surface area contributed by atoms with Gasteiger partial charge >= 0.3 is 0 Å². The first kappa shape index (κ1) is 10.8. The maximum atomic E-state index is 13.4. The highest BCUT2D eigenvalue weighted by molar-refractivity contribution is 5.84. The number of hydrogen-bond donors (Lipinski definition) is 2. The van der Waals surface area contributed by atoms with Crippen LogP contribution in [0.5, 0.6) is 0 Å². The third kappa shape index (κ3) is 1.62. The zero-order chi connectivity index (χ0) is 12.7. The van der Waals surface area contributed by atoms with Crippen molar-refractivity contribution in [1.29, 1.82) is 0 Å². The molecule has 0 amide bonds. The molecule has 0 aliphatic carbocycles. The standard InChI is InChI=1S/C14H9F2N2/c15-11-5-10(6-12(16)14(11)17)9-2-1-8-3-4-18-13(8)7-9/h1-2,4-7,18H,17H2. The van der Waals surface area contributed by atoms with E-state index < -0.39 is 17.3 Å². The predicted molar refractivity (Wildman–Crippen MR) is 66.9 cm³/mol. The number of rotatable bonds is 1. The summed E-state index contributed by atoms with van der Waals surface area (Å²) in [5.74, 6) is -1.49. The Bertz CT molecular complexity index is 708. The topological polar surface area (TPSA) is 41.8 Å². The fourth-order valence-electron chi connectivity index (χ4n) is 1.91. The van der Waals surface area contributed by atoms with Gasteiger partial charge in [0.05, 0.1) is 0 Å². The summed E-state index contributed by atoms with van der Waals surface area (Å²) < 4.78 is 26.8. The van der Waals surface area contributed by atoms with E-state index in [1.807, 2.05) is 12.1 Å². The molecule has 2 aromatic carbocycles. The van der Waals surface area contributed by atoms with Crippen molar-refractivity contribution in [1.82, 2.24) is 4.98 Å². The summed E-state index contributed by atoms with van der Waals surface area (Å²) in [4.78, 5) is 3.00. The molecule has 1 heterocycles. The first-order valence-corrected chi connectivity index (χ1v) is 5.39. The van der Waals surface area contributed by atoms with Gasteiger partial charge in [-0.1, -0.05) is 12.1 Å². The predicted octanol–water partition coefficient (Wildman–Crippen LogP) is 3.50. The van der Waals surface area contributed by atoms with Gasteiger partial charge in [0.2, 0.25) is 0 Å². The Hall–Kier alpha value is -2.36. The van der Waals surface area contributed by atoms with Crippen molar-refractivity contribution < 1.29 is 8.78 Å². The summed E-state index contributed by atoms with van der Waals surface area (Å²) in [6.07, 6.45) is 1.69. The van der Waals surface area contributed by atoms with Gasteiger partial charge < -0.3 is 10.7 Å². The van der Waals surface area contributed by atoms with Crippen LogP contribution in [0.25, 0.3) is 22.0 Å². The number of benzene rings is 2. The molecule has 0 saturated carbocycles. The number of nitrogens with one attached hydrogen (secondary N) is 1. The minimum atomic E-state index is -0.747. The van der Waals surface area contributed by atoms with Gasteiger partial charge in [0, 0.05) is 23.2 Å². The van der Waals surface area contributed by atoms with Crippen LogP contribution in [-0.4, -0.2) is 4.98 Å². The van der Waals surface area contributed by atoms with Crippen molar-refractivity contribution in [2.45, 2.75) is 0 Å². The van der Waals surface area contributed by atoms with Crippen LogP contribution in [0.2, 0.25) is 0 Å². The second-order valence-electron chi connectivity index (χ2n) is 4.05. The SMILES string of the molecule is Nc1c(F)cc(-c2ccc3[c]c[nH]c3c2)cc1F. The summed E-state index contributed by atoms with van der Waals surface area (Å²) in [6.45, 7) is 0. The van der Waals surface area contributed by atoms with Crippen LogP contribution in [0, 0.1) is 17.7 Å². The molecule has 0 fully saturated rings. The fourth-order valence-corrected chi connectivity index (χ4v) is 1.91. The van der Waals surface area contributed by atoms with Gasteiger partial charge in [0.1, 0.15) is 17.3 Å². The lowest BCUT2D eigenvalue weighted by molar-refractivity contribution is 0.592. The van der Waals surface area contributed by atoms with E-state index in [2.05, 4.69) is 11.1 Å². The first-order chi connectivity index (χ1) is 8.65. The van der Waals surface area contributed by atoms with Crippen molar-refractivity contribution >= 4 is 16.6 Å². The summed E-state index contributed by atoms with van der Waals surface area (Å²) in [7, 11) is 0. The van der Waals surface area contributed by atoms with Crippen LogP contribution >= 0.6 is 0 Å². The molecule has 1 radical (unpaired) electrons. The van der Waals surface area contributed by atoms with Gasteiger partial charge in [0.15, 0.2) is 0 Å². The van der Waals surface area contributed by atoms with Crippen LogP contribution in [0.1, 0.15) is 0 Å². The van der Waals surface area contributed by atoms with Gasteiger partial charge in [0.25, 0.3) is 0 Å². The Morgan fingerprint density at radius 2 is 1.72 bits per heavy atom. The van der Waals surface area contributed by atoms with Gasteiger partial charge in [-0.05, 0) is 29.3 Å². The molecule has 89 valence electrons. The Morgan fingerprint density at radius 3 is 2.44 bits per heavy atom. The lowest BCUT2D eigenvalue weighted by Crippen LogP contribution is -1.96.